The van der Waals surface area contributed by atoms with E-state index in [1.54, 1.807) is 0 Å². The highest BCUT2D eigenvalue weighted by atomic mass is 19.4. The van der Waals surface area contributed by atoms with Crippen molar-refractivity contribution in [3.05, 3.63) is 74.5 Å². The molecule has 0 aliphatic rings. The van der Waals surface area contributed by atoms with Gasteiger partial charge >= 0.3 is 18.4 Å². The number of hydrogen-bond donors (Lipinski definition) is 4. The minimum Gasteiger partial charge on any atom is -0.476 e. The van der Waals surface area contributed by atoms with Crippen molar-refractivity contribution in [1.82, 2.24) is 19.9 Å². The van der Waals surface area contributed by atoms with Crippen molar-refractivity contribution in [2.45, 2.75) is 13.0 Å². The summed E-state index contributed by atoms with van der Waals surface area (Å²) in [6, 6.07) is 6.46. The number of imidazole rings is 1. The summed E-state index contributed by atoms with van der Waals surface area (Å²) in [6.45, 7) is -0.395. The number of alkyl halides is 3. The summed E-state index contributed by atoms with van der Waals surface area (Å²) in [5.41, 5.74) is -2.27. The van der Waals surface area contributed by atoms with Crippen LogP contribution in [0.5, 0.6) is 5.75 Å². The molecular formula is C21H13F3N6O8. The molecule has 2 aromatic carbocycles. The van der Waals surface area contributed by atoms with Crippen LogP contribution in [0.4, 0.5) is 29.3 Å². The van der Waals surface area contributed by atoms with Gasteiger partial charge in [0.1, 0.15) is 18.2 Å². The molecule has 38 heavy (non-hydrogen) atoms. The molecule has 0 saturated heterocycles. The number of rotatable bonds is 7. The quantitative estimate of drug-likeness (QED) is 0.200. The fraction of sp³-hybridized carbons (Fsp3) is 0.0952. The van der Waals surface area contributed by atoms with Gasteiger partial charge in [-0.3, -0.25) is 20.2 Å². The monoisotopic (exact) mass is 534 g/mol. The number of aromatic nitrogens is 4. The molecule has 0 spiro atoms. The van der Waals surface area contributed by atoms with Crippen LogP contribution >= 0.6 is 0 Å². The highest BCUT2D eigenvalue weighted by Crippen LogP contribution is 2.31. The molecule has 0 unspecified atom stereocenters. The van der Waals surface area contributed by atoms with Crippen LogP contribution in [-0.4, -0.2) is 48.4 Å². The number of amides is 1. The maximum Gasteiger partial charge on any atom is 0.573 e. The van der Waals surface area contributed by atoms with Crippen LogP contribution in [0.15, 0.2) is 47.4 Å². The average Bonchev–Trinajstić information content (AvgIpc) is 3.30. The van der Waals surface area contributed by atoms with Crippen molar-refractivity contribution in [2.24, 2.45) is 0 Å². The van der Waals surface area contributed by atoms with Gasteiger partial charge in [0.2, 0.25) is 5.69 Å². The minimum atomic E-state index is -4.86. The summed E-state index contributed by atoms with van der Waals surface area (Å²) >= 11 is 0. The second-order valence-electron chi connectivity index (χ2n) is 7.38. The largest absolute Gasteiger partial charge is 0.573 e. The maximum atomic E-state index is 12.2. The molecule has 0 atom stereocenters. The lowest BCUT2D eigenvalue weighted by Gasteiger charge is -2.10. The van der Waals surface area contributed by atoms with E-state index < -0.39 is 52.6 Å². The van der Waals surface area contributed by atoms with Crippen LogP contribution in [0.25, 0.3) is 22.4 Å². The number of aromatic amines is 2. The first-order valence-corrected chi connectivity index (χ1v) is 10.2. The molecule has 14 nitrogen and oxygen atoms in total. The topological polar surface area (TPSA) is 202 Å². The number of aromatic carboxylic acids is 1. The van der Waals surface area contributed by atoms with Crippen molar-refractivity contribution in [3.8, 4) is 17.1 Å². The van der Waals surface area contributed by atoms with Crippen molar-refractivity contribution in [2.75, 3.05) is 5.32 Å². The van der Waals surface area contributed by atoms with Crippen molar-refractivity contribution in [1.29, 1.82) is 0 Å². The zero-order chi connectivity index (χ0) is 27.6. The summed E-state index contributed by atoms with van der Waals surface area (Å²) in [4.78, 5) is 58.7. The first-order chi connectivity index (χ1) is 17.9. The molecule has 0 radical (unpaired) electrons. The number of benzene rings is 2. The van der Waals surface area contributed by atoms with E-state index >= 15 is 0 Å². The first kappa shape index (κ1) is 25.6. The fourth-order valence-corrected chi connectivity index (χ4v) is 3.21. The molecule has 0 saturated carbocycles. The number of fused-ring (bicyclic) bond motifs is 1. The van der Waals surface area contributed by atoms with Gasteiger partial charge in [0.15, 0.2) is 0 Å². The van der Waals surface area contributed by atoms with E-state index in [1.165, 1.54) is 6.20 Å². The SMILES string of the molecule is O=C(Nc1ccc(OC(F)(F)F)cc1)OCc1c[nH]c(-c2cc3nc(C(=O)O)c(=O)[nH]c3cc2[N+](=O)[O-])n1. The highest BCUT2D eigenvalue weighted by Gasteiger charge is 2.31. The van der Waals surface area contributed by atoms with E-state index in [1.807, 2.05) is 0 Å². The average molecular weight is 534 g/mol. The van der Waals surface area contributed by atoms with Gasteiger partial charge in [-0.2, -0.15) is 0 Å². The van der Waals surface area contributed by atoms with E-state index in [4.69, 9.17) is 9.84 Å². The Bertz CT molecular complexity index is 1610. The summed E-state index contributed by atoms with van der Waals surface area (Å²) in [6.07, 6.45) is -4.53. The molecule has 196 valence electrons. The Labute approximate surface area is 207 Å². The number of ether oxygens (including phenoxy) is 2. The third-order valence-electron chi connectivity index (χ3n) is 4.78. The van der Waals surface area contributed by atoms with Crippen molar-refractivity contribution >= 4 is 34.5 Å². The zero-order valence-corrected chi connectivity index (χ0v) is 18.5. The van der Waals surface area contributed by atoms with E-state index in [-0.39, 0.29) is 33.8 Å². The summed E-state index contributed by atoms with van der Waals surface area (Å²) in [5.74, 6) is -2.11. The second kappa shape index (κ2) is 9.88. The van der Waals surface area contributed by atoms with Gasteiger partial charge in [0.05, 0.1) is 27.2 Å². The van der Waals surface area contributed by atoms with Crippen molar-refractivity contribution in [3.63, 3.8) is 0 Å². The van der Waals surface area contributed by atoms with E-state index in [0.29, 0.717) is 0 Å². The summed E-state index contributed by atoms with van der Waals surface area (Å²) in [5, 5.41) is 23.0. The maximum absolute atomic E-state index is 12.2. The van der Waals surface area contributed by atoms with Gasteiger partial charge < -0.3 is 24.5 Å². The Kier molecular flexibility index (Phi) is 6.66. The Morgan fingerprint density at radius 3 is 2.50 bits per heavy atom. The van der Waals surface area contributed by atoms with E-state index in [0.717, 1.165) is 36.4 Å². The fourth-order valence-electron chi connectivity index (χ4n) is 3.21. The molecule has 4 aromatic rings. The number of nitrogens with zero attached hydrogens (tertiary/aromatic N) is 3. The number of anilines is 1. The number of carbonyl (C=O) groups excluding carboxylic acids is 1. The smallest absolute Gasteiger partial charge is 0.476 e. The van der Waals surface area contributed by atoms with Crippen LogP contribution in [-0.2, 0) is 11.3 Å². The molecule has 0 aliphatic carbocycles. The normalized spacial score (nSPS) is 11.2. The number of H-pyrrole nitrogens is 2. The van der Waals surface area contributed by atoms with Crippen molar-refractivity contribution < 1.29 is 42.3 Å². The molecule has 1 amide bonds. The van der Waals surface area contributed by atoms with Crippen LogP contribution in [0.2, 0.25) is 0 Å². The Balaban J connectivity index is 1.48. The Morgan fingerprint density at radius 2 is 1.87 bits per heavy atom. The summed E-state index contributed by atoms with van der Waals surface area (Å²) in [7, 11) is 0. The van der Waals surface area contributed by atoms with Gasteiger partial charge in [0, 0.05) is 18.0 Å². The van der Waals surface area contributed by atoms with Gasteiger partial charge in [-0.05, 0) is 30.3 Å². The predicted molar refractivity (Wildman–Crippen MR) is 120 cm³/mol. The number of nitro groups is 1. The molecule has 2 aromatic heterocycles. The van der Waals surface area contributed by atoms with Gasteiger partial charge in [-0.25, -0.2) is 19.6 Å². The van der Waals surface area contributed by atoms with E-state index in [9.17, 15) is 37.7 Å². The Morgan fingerprint density at radius 1 is 1.16 bits per heavy atom. The Hall–Kier alpha value is -5.48. The zero-order valence-electron chi connectivity index (χ0n) is 18.5. The van der Waals surface area contributed by atoms with Crippen LogP contribution < -0.4 is 15.6 Å². The molecular weight excluding hydrogens is 521 g/mol. The third-order valence-corrected chi connectivity index (χ3v) is 4.78. The lowest BCUT2D eigenvalue weighted by Crippen LogP contribution is -2.19. The predicted octanol–water partition coefficient (Wildman–Crippen LogP) is 3.57. The standard InChI is InChI=1S/C21H13F3N6O8/c22-21(23,24)38-11-3-1-9(2-4-11)27-20(34)37-8-10-7-25-17(26-10)12-5-13-14(6-15(12)30(35)36)29-18(31)16(28-13)19(32)33/h1-7H,8H2,(H,25,26)(H,27,34)(H,29,31)(H,32,33). The number of carboxylic acid groups (broad SMARTS) is 1. The highest BCUT2D eigenvalue weighted by molar-refractivity contribution is 5.91. The van der Waals surface area contributed by atoms with Crippen LogP contribution in [0, 0.1) is 10.1 Å². The molecule has 4 N–H and O–H groups in total. The number of carbonyl (C=O) groups is 2. The van der Waals surface area contributed by atoms with Gasteiger partial charge in [-0.15, -0.1) is 13.2 Å². The minimum absolute atomic E-state index is 0.0391. The van der Waals surface area contributed by atoms with Gasteiger partial charge in [0.25, 0.3) is 11.2 Å². The van der Waals surface area contributed by atoms with E-state index in [2.05, 4.69) is 30.0 Å². The number of nitrogens with one attached hydrogen (secondary N) is 3. The molecule has 0 bridgehead atoms. The number of nitro benzene ring substituents is 1. The second-order valence-corrected chi connectivity index (χ2v) is 7.38. The lowest BCUT2D eigenvalue weighted by atomic mass is 10.1. The van der Waals surface area contributed by atoms with Crippen LogP contribution in [0.1, 0.15) is 16.2 Å². The lowest BCUT2D eigenvalue weighted by molar-refractivity contribution is -0.384. The first-order valence-electron chi connectivity index (χ1n) is 10.2. The molecule has 4 rings (SSSR count). The third kappa shape index (κ3) is 5.83. The number of halogens is 3. The molecule has 0 fully saturated rings. The number of hydrogen-bond acceptors (Lipinski definition) is 9. The summed E-state index contributed by atoms with van der Waals surface area (Å²) < 4.78 is 45.4. The van der Waals surface area contributed by atoms with Gasteiger partial charge in [-0.1, -0.05) is 0 Å². The molecule has 2 heterocycles. The number of carboxylic acids is 1. The van der Waals surface area contributed by atoms with Crippen LogP contribution in [0.3, 0.4) is 0 Å². The molecule has 0 aliphatic heterocycles. The molecule has 17 heteroatoms.